The third-order valence-electron chi connectivity index (χ3n) is 2.73. The molecule has 0 bridgehead atoms. The molecular weight excluding hydrogens is 262 g/mol. The van der Waals surface area contributed by atoms with Gasteiger partial charge in [0, 0.05) is 17.4 Å². The Hall–Kier alpha value is -1.58. The predicted molar refractivity (Wildman–Crippen MR) is 75.5 cm³/mol. The molecule has 4 heteroatoms. The Balaban J connectivity index is 1.74. The van der Waals surface area contributed by atoms with E-state index in [9.17, 15) is 5.11 Å². The number of aliphatic hydroxyl groups excluding tert-OH is 1. The summed E-state index contributed by atoms with van der Waals surface area (Å²) in [5.74, 6) is 0.674. The van der Waals surface area contributed by atoms with Gasteiger partial charge in [-0.05, 0) is 42.7 Å². The van der Waals surface area contributed by atoms with Crippen molar-refractivity contribution in [3.05, 3.63) is 59.4 Å². The Morgan fingerprint density at radius 3 is 2.89 bits per heavy atom. The molecule has 0 fully saturated rings. The predicted octanol–water partition coefficient (Wildman–Crippen LogP) is 3.11. The van der Waals surface area contributed by atoms with Crippen LogP contribution in [0, 0.1) is 0 Å². The third kappa shape index (κ3) is 4.89. The van der Waals surface area contributed by atoms with Gasteiger partial charge in [-0.1, -0.05) is 23.7 Å². The van der Waals surface area contributed by atoms with E-state index < -0.39 is 6.10 Å². The summed E-state index contributed by atoms with van der Waals surface area (Å²) in [5.41, 5.74) is 1.12. The van der Waals surface area contributed by atoms with Gasteiger partial charge >= 0.3 is 0 Å². The van der Waals surface area contributed by atoms with Gasteiger partial charge in [0.1, 0.15) is 12.4 Å². The molecule has 0 spiro atoms. The Bertz CT molecular complexity index is 505. The van der Waals surface area contributed by atoms with Crippen LogP contribution in [0.1, 0.15) is 12.0 Å². The number of rotatable bonds is 6. The monoisotopic (exact) mass is 277 g/mol. The zero-order valence-corrected chi connectivity index (χ0v) is 11.3. The molecule has 19 heavy (non-hydrogen) atoms. The summed E-state index contributed by atoms with van der Waals surface area (Å²) < 4.78 is 5.49. The number of aromatic nitrogens is 1. The van der Waals surface area contributed by atoms with Crippen molar-refractivity contribution in [1.29, 1.82) is 0 Å². The van der Waals surface area contributed by atoms with E-state index in [-0.39, 0.29) is 6.61 Å². The lowest BCUT2D eigenvalue weighted by molar-refractivity contribution is 0.100. The summed E-state index contributed by atoms with van der Waals surface area (Å²) >= 11 is 5.85. The van der Waals surface area contributed by atoms with Crippen molar-refractivity contribution in [2.45, 2.75) is 18.9 Å². The molecule has 100 valence electrons. The van der Waals surface area contributed by atoms with Crippen LogP contribution in [-0.4, -0.2) is 22.8 Å². The van der Waals surface area contributed by atoms with Crippen LogP contribution < -0.4 is 4.74 Å². The molecule has 1 aromatic carbocycles. The van der Waals surface area contributed by atoms with Crippen LogP contribution in [0.2, 0.25) is 5.02 Å². The standard InChI is InChI=1S/C15H16ClNO2/c16-13-4-1-5-15(9-13)19-11-14(18)7-6-12-3-2-8-17-10-12/h1-5,8-10,14,18H,6-7,11H2. The molecule has 1 N–H and O–H groups in total. The van der Waals surface area contributed by atoms with Gasteiger partial charge in [0.15, 0.2) is 0 Å². The topological polar surface area (TPSA) is 42.4 Å². The van der Waals surface area contributed by atoms with Crippen molar-refractivity contribution in [3.8, 4) is 5.75 Å². The van der Waals surface area contributed by atoms with Crippen molar-refractivity contribution in [2.75, 3.05) is 6.61 Å². The third-order valence-corrected chi connectivity index (χ3v) is 2.96. The minimum atomic E-state index is -0.501. The van der Waals surface area contributed by atoms with Crippen molar-refractivity contribution in [3.63, 3.8) is 0 Å². The first-order valence-electron chi connectivity index (χ1n) is 6.19. The maximum atomic E-state index is 9.86. The maximum Gasteiger partial charge on any atom is 0.120 e. The van der Waals surface area contributed by atoms with Gasteiger partial charge in [-0.25, -0.2) is 0 Å². The van der Waals surface area contributed by atoms with E-state index in [0.717, 1.165) is 12.0 Å². The van der Waals surface area contributed by atoms with Gasteiger partial charge < -0.3 is 9.84 Å². The zero-order chi connectivity index (χ0) is 13.5. The highest BCUT2D eigenvalue weighted by atomic mass is 35.5. The van der Waals surface area contributed by atoms with Crippen LogP contribution in [0.5, 0.6) is 5.75 Å². The van der Waals surface area contributed by atoms with E-state index in [2.05, 4.69) is 4.98 Å². The molecule has 0 radical (unpaired) electrons. The van der Waals surface area contributed by atoms with E-state index >= 15 is 0 Å². The first-order chi connectivity index (χ1) is 9.24. The number of aryl methyl sites for hydroxylation is 1. The summed E-state index contributed by atoms with van der Waals surface area (Å²) in [6.07, 6.45) is 4.48. The molecule has 2 aromatic rings. The van der Waals surface area contributed by atoms with Crippen LogP contribution in [0.25, 0.3) is 0 Å². The van der Waals surface area contributed by atoms with E-state index in [1.54, 1.807) is 18.3 Å². The molecule has 2 rings (SSSR count). The average Bonchev–Trinajstić information content (AvgIpc) is 2.44. The van der Waals surface area contributed by atoms with E-state index in [1.807, 2.05) is 30.5 Å². The minimum Gasteiger partial charge on any atom is -0.491 e. The number of halogens is 1. The fourth-order valence-electron chi connectivity index (χ4n) is 1.71. The molecule has 1 atom stereocenters. The molecule has 0 saturated carbocycles. The van der Waals surface area contributed by atoms with Gasteiger partial charge in [-0.2, -0.15) is 0 Å². The van der Waals surface area contributed by atoms with Crippen LogP contribution in [0.3, 0.4) is 0 Å². The second-order valence-electron chi connectivity index (χ2n) is 4.32. The van der Waals surface area contributed by atoms with E-state index in [4.69, 9.17) is 16.3 Å². The molecule has 3 nitrogen and oxygen atoms in total. The van der Waals surface area contributed by atoms with Gasteiger partial charge in [0.05, 0.1) is 6.10 Å². The Labute approximate surface area is 117 Å². The van der Waals surface area contributed by atoms with Gasteiger partial charge in [-0.15, -0.1) is 0 Å². The van der Waals surface area contributed by atoms with Gasteiger partial charge in [0.25, 0.3) is 0 Å². The van der Waals surface area contributed by atoms with E-state index in [1.165, 1.54) is 0 Å². The zero-order valence-electron chi connectivity index (χ0n) is 10.5. The molecule has 0 aliphatic rings. The smallest absolute Gasteiger partial charge is 0.120 e. The van der Waals surface area contributed by atoms with Crippen molar-refractivity contribution < 1.29 is 9.84 Å². The highest BCUT2D eigenvalue weighted by molar-refractivity contribution is 6.30. The molecule has 0 aliphatic carbocycles. The van der Waals surface area contributed by atoms with Crippen LogP contribution in [-0.2, 0) is 6.42 Å². The Morgan fingerprint density at radius 1 is 1.26 bits per heavy atom. The lowest BCUT2D eigenvalue weighted by Crippen LogP contribution is -2.18. The first-order valence-corrected chi connectivity index (χ1v) is 6.57. The first kappa shape index (κ1) is 13.8. The summed E-state index contributed by atoms with van der Waals surface area (Å²) in [5, 5.41) is 10.5. The fourth-order valence-corrected chi connectivity index (χ4v) is 1.89. The fraction of sp³-hybridized carbons (Fsp3) is 0.267. The van der Waals surface area contributed by atoms with Gasteiger partial charge in [0.2, 0.25) is 0 Å². The van der Waals surface area contributed by atoms with Crippen molar-refractivity contribution >= 4 is 11.6 Å². The summed E-state index contributed by atoms with van der Waals surface area (Å²) in [7, 11) is 0. The largest absolute Gasteiger partial charge is 0.491 e. The average molecular weight is 278 g/mol. The van der Waals surface area contributed by atoms with Crippen LogP contribution in [0.15, 0.2) is 48.8 Å². The highest BCUT2D eigenvalue weighted by Crippen LogP contribution is 2.17. The number of aliphatic hydroxyl groups is 1. The highest BCUT2D eigenvalue weighted by Gasteiger charge is 2.06. The summed E-state index contributed by atoms with van der Waals surface area (Å²) in [6, 6.07) is 11.0. The van der Waals surface area contributed by atoms with E-state index in [0.29, 0.717) is 17.2 Å². The van der Waals surface area contributed by atoms with Crippen LogP contribution in [0.4, 0.5) is 0 Å². The molecule has 0 saturated heterocycles. The Morgan fingerprint density at radius 2 is 2.16 bits per heavy atom. The van der Waals surface area contributed by atoms with Crippen molar-refractivity contribution in [2.24, 2.45) is 0 Å². The lowest BCUT2D eigenvalue weighted by atomic mass is 10.1. The summed E-state index contributed by atoms with van der Waals surface area (Å²) in [6.45, 7) is 0.264. The molecule has 0 aliphatic heterocycles. The normalized spacial score (nSPS) is 12.1. The second-order valence-corrected chi connectivity index (χ2v) is 4.76. The van der Waals surface area contributed by atoms with Crippen molar-refractivity contribution in [1.82, 2.24) is 4.98 Å². The summed E-state index contributed by atoms with van der Waals surface area (Å²) in [4.78, 5) is 4.04. The number of benzene rings is 1. The van der Waals surface area contributed by atoms with Gasteiger partial charge in [-0.3, -0.25) is 4.98 Å². The number of hydrogen-bond acceptors (Lipinski definition) is 3. The van der Waals surface area contributed by atoms with Crippen LogP contribution >= 0.6 is 11.6 Å². The molecule has 0 amide bonds. The molecule has 1 unspecified atom stereocenters. The number of nitrogens with zero attached hydrogens (tertiary/aromatic N) is 1. The Kier molecular flexibility index (Phi) is 5.19. The number of ether oxygens (including phenoxy) is 1. The maximum absolute atomic E-state index is 9.86. The second kappa shape index (κ2) is 7.12. The SMILES string of the molecule is OC(CCc1cccnc1)COc1cccc(Cl)c1. The minimum absolute atomic E-state index is 0.264. The quantitative estimate of drug-likeness (QED) is 0.882. The number of hydrogen-bond donors (Lipinski definition) is 1. The number of pyridine rings is 1. The molecule has 1 aromatic heterocycles. The molecular formula is C15H16ClNO2. The molecule has 1 heterocycles. The lowest BCUT2D eigenvalue weighted by Gasteiger charge is -2.12.